The van der Waals surface area contributed by atoms with Crippen LogP contribution >= 0.6 is 11.3 Å². The van der Waals surface area contributed by atoms with Crippen molar-refractivity contribution < 1.29 is 4.39 Å². The minimum atomic E-state index is -0.261. The maximum atomic E-state index is 14.0. The van der Waals surface area contributed by atoms with Gasteiger partial charge in [0, 0.05) is 31.1 Å². The zero-order valence-corrected chi connectivity index (χ0v) is 12.8. The average molecular weight is 304 g/mol. The summed E-state index contributed by atoms with van der Waals surface area (Å²) in [7, 11) is 1.83. The smallest absolute Gasteiger partial charge is 0.195 e. The first-order chi connectivity index (χ1) is 10.1. The quantitative estimate of drug-likeness (QED) is 0.805. The number of benzene rings is 1. The molecule has 0 radical (unpaired) electrons. The van der Waals surface area contributed by atoms with E-state index in [2.05, 4.69) is 4.98 Å². The summed E-state index contributed by atoms with van der Waals surface area (Å²) in [5.74, 6) is 0.493. The zero-order valence-electron chi connectivity index (χ0n) is 12.0. The Balaban J connectivity index is 2.11. The van der Waals surface area contributed by atoms with E-state index in [0.717, 1.165) is 16.5 Å². The van der Waals surface area contributed by atoms with Crippen molar-refractivity contribution in [1.29, 1.82) is 0 Å². The molecule has 1 unspecified atom stereocenters. The van der Waals surface area contributed by atoms with Crippen LogP contribution in [0.3, 0.4) is 0 Å². The highest BCUT2D eigenvalue weighted by Crippen LogP contribution is 2.31. The first-order valence-corrected chi connectivity index (χ1v) is 7.64. The van der Waals surface area contributed by atoms with Crippen LogP contribution in [-0.4, -0.2) is 22.5 Å². The summed E-state index contributed by atoms with van der Waals surface area (Å²) in [6, 6.07) is 6.71. The van der Waals surface area contributed by atoms with Crippen LogP contribution in [0.1, 0.15) is 12.6 Å². The van der Waals surface area contributed by atoms with Crippen molar-refractivity contribution in [2.24, 2.45) is 5.73 Å². The summed E-state index contributed by atoms with van der Waals surface area (Å²) in [6.07, 6.45) is 2.66. The van der Waals surface area contributed by atoms with Crippen LogP contribution in [-0.2, 0) is 6.42 Å². The Labute approximate surface area is 126 Å². The third-order valence-electron chi connectivity index (χ3n) is 3.39. The molecule has 3 rings (SSSR count). The Bertz CT molecular complexity index is 762. The maximum absolute atomic E-state index is 14.0. The molecule has 0 aliphatic rings. The SMILES string of the molecule is CC(N)Cc1c(N(C)c2ccccc2F)nc2sccn12. The van der Waals surface area contributed by atoms with Crippen LogP contribution in [0.25, 0.3) is 4.96 Å². The molecule has 0 aliphatic carbocycles. The van der Waals surface area contributed by atoms with Gasteiger partial charge in [-0.25, -0.2) is 9.37 Å². The first kappa shape index (κ1) is 14.0. The van der Waals surface area contributed by atoms with Crippen LogP contribution < -0.4 is 10.6 Å². The van der Waals surface area contributed by atoms with Gasteiger partial charge in [-0.15, -0.1) is 11.3 Å². The fraction of sp³-hybridized carbons (Fsp3) is 0.267. The van der Waals surface area contributed by atoms with Gasteiger partial charge in [-0.2, -0.15) is 0 Å². The maximum Gasteiger partial charge on any atom is 0.195 e. The van der Waals surface area contributed by atoms with Crippen LogP contribution in [0.2, 0.25) is 0 Å². The highest BCUT2D eigenvalue weighted by molar-refractivity contribution is 7.15. The molecule has 0 fully saturated rings. The van der Waals surface area contributed by atoms with Crippen molar-refractivity contribution in [2.75, 3.05) is 11.9 Å². The van der Waals surface area contributed by atoms with Gasteiger partial charge >= 0.3 is 0 Å². The molecule has 0 amide bonds. The number of halogens is 1. The molecular weight excluding hydrogens is 287 g/mol. The molecule has 0 saturated carbocycles. The van der Waals surface area contributed by atoms with Gasteiger partial charge in [-0.3, -0.25) is 4.40 Å². The van der Waals surface area contributed by atoms with E-state index in [1.54, 1.807) is 28.4 Å². The fourth-order valence-corrected chi connectivity index (χ4v) is 3.15. The lowest BCUT2D eigenvalue weighted by atomic mass is 10.2. The van der Waals surface area contributed by atoms with Gasteiger partial charge < -0.3 is 10.6 Å². The zero-order chi connectivity index (χ0) is 15.0. The van der Waals surface area contributed by atoms with Gasteiger partial charge in [0.25, 0.3) is 0 Å². The van der Waals surface area contributed by atoms with E-state index < -0.39 is 0 Å². The minimum Gasteiger partial charge on any atom is -0.328 e. The Morgan fingerprint density at radius 2 is 2.19 bits per heavy atom. The number of nitrogens with two attached hydrogens (primary N) is 1. The molecule has 1 aromatic carbocycles. The van der Waals surface area contributed by atoms with Gasteiger partial charge in [0.2, 0.25) is 0 Å². The van der Waals surface area contributed by atoms with Crippen LogP contribution in [0, 0.1) is 5.82 Å². The van der Waals surface area contributed by atoms with E-state index in [1.165, 1.54) is 6.07 Å². The molecule has 0 saturated heterocycles. The van der Waals surface area contributed by atoms with Crippen molar-refractivity contribution >= 4 is 27.8 Å². The van der Waals surface area contributed by atoms with E-state index in [-0.39, 0.29) is 11.9 Å². The summed E-state index contributed by atoms with van der Waals surface area (Å²) in [5.41, 5.74) is 7.47. The van der Waals surface area contributed by atoms with Gasteiger partial charge in [-0.1, -0.05) is 12.1 Å². The monoisotopic (exact) mass is 304 g/mol. The minimum absolute atomic E-state index is 0.0116. The predicted molar refractivity (Wildman–Crippen MR) is 84.9 cm³/mol. The number of fused-ring (bicyclic) bond motifs is 1. The number of imidazole rings is 1. The summed E-state index contributed by atoms with van der Waals surface area (Å²) in [5, 5.41) is 1.99. The van der Waals surface area contributed by atoms with Crippen molar-refractivity contribution in [3.8, 4) is 0 Å². The molecule has 2 aromatic heterocycles. The van der Waals surface area contributed by atoms with Gasteiger partial charge in [0.15, 0.2) is 10.8 Å². The van der Waals surface area contributed by atoms with Crippen LogP contribution in [0.5, 0.6) is 0 Å². The molecule has 0 spiro atoms. The standard InChI is InChI=1S/C15H17FN4S/c1-10(17)9-13-14(18-15-20(13)7-8-21-15)19(2)12-6-4-3-5-11(12)16/h3-8,10H,9,17H2,1-2H3. The lowest BCUT2D eigenvalue weighted by Gasteiger charge is -2.19. The van der Waals surface area contributed by atoms with E-state index in [1.807, 2.05) is 36.0 Å². The topological polar surface area (TPSA) is 46.6 Å². The lowest BCUT2D eigenvalue weighted by Crippen LogP contribution is -2.21. The van der Waals surface area contributed by atoms with Gasteiger partial charge in [0.05, 0.1) is 11.4 Å². The van der Waals surface area contributed by atoms with Crippen molar-refractivity contribution in [3.05, 3.63) is 47.4 Å². The molecule has 21 heavy (non-hydrogen) atoms. The number of aromatic nitrogens is 2. The summed E-state index contributed by atoms with van der Waals surface area (Å²) in [4.78, 5) is 7.31. The average Bonchev–Trinajstić information content (AvgIpc) is 3.01. The van der Waals surface area contributed by atoms with Crippen LogP contribution in [0.4, 0.5) is 15.9 Å². The number of anilines is 2. The predicted octanol–water partition coefficient (Wildman–Crippen LogP) is 3.19. The third kappa shape index (κ3) is 2.52. The van der Waals surface area contributed by atoms with Crippen molar-refractivity contribution in [1.82, 2.24) is 9.38 Å². The molecule has 3 aromatic rings. The number of hydrogen-bond donors (Lipinski definition) is 1. The highest BCUT2D eigenvalue weighted by Gasteiger charge is 2.20. The molecule has 2 N–H and O–H groups in total. The Kier molecular flexibility index (Phi) is 3.65. The number of nitrogens with zero attached hydrogens (tertiary/aromatic N) is 3. The second kappa shape index (κ2) is 5.46. The first-order valence-electron chi connectivity index (χ1n) is 6.76. The van der Waals surface area contributed by atoms with Gasteiger partial charge in [-0.05, 0) is 19.1 Å². The van der Waals surface area contributed by atoms with Gasteiger partial charge in [0.1, 0.15) is 5.82 Å². The molecule has 2 heterocycles. The second-order valence-electron chi connectivity index (χ2n) is 5.13. The normalized spacial score (nSPS) is 12.8. The molecular formula is C15H17FN4S. The Hall–Kier alpha value is -1.92. The lowest BCUT2D eigenvalue weighted by molar-refractivity contribution is 0.627. The largest absolute Gasteiger partial charge is 0.328 e. The summed E-state index contributed by atoms with van der Waals surface area (Å²) >= 11 is 1.56. The third-order valence-corrected chi connectivity index (χ3v) is 4.14. The Morgan fingerprint density at radius 3 is 2.90 bits per heavy atom. The summed E-state index contributed by atoms with van der Waals surface area (Å²) in [6.45, 7) is 1.96. The van der Waals surface area contributed by atoms with E-state index >= 15 is 0 Å². The van der Waals surface area contributed by atoms with Crippen molar-refractivity contribution in [2.45, 2.75) is 19.4 Å². The molecule has 6 heteroatoms. The van der Waals surface area contributed by atoms with E-state index in [4.69, 9.17) is 5.73 Å². The highest BCUT2D eigenvalue weighted by atomic mass is 32.1. The molecule has 4 nitrogen and oxygen atoms in total. The molecule has 0 bridgehead atoms. The van der Waals surface area contributed by atoms with Crippen molar-refractivity contribution in [3.63, 3.8) is 0 Å². The number of hydrogen-bond acceptors (Lipinski definition) is 4. The molecule has 0 aliphatic heterocycles. The molecule has 1 atom stereocenters. The van der Waals surface area contributed by atoms with E-state index in [9.17, 15) is 4.39 Å². The molecule has 110 valence electrons. The number of thiazole rings is 1. The number of para-hydroxylation sites is 1. The fourth-order valence-electron chi connectivity index (χ4n) is 2.42. The Morgan fingerprint density at radius 1 is 1.43 bits per heavy atom. The summed E-state index contributed by atoms with van der Waals surface area (Å²) < 4.78 is 16.0. The van der Waals surface area contributed by atoms with E-state index in [0.29, 0.717) is 12.1 Å². The van der Waals surface area contributed by atoms with Crippen LogP contribution in [0.15, 0.2) is 35.8 Å². The second-order valence-corrected chi connectivity index (χ2v) is 6.00. The number of rotatable bonds is 4.